The number of nitrogens with one attached hydrogen (secondary N) is 2. The van der Waals surface area contributed by atoms with Crippen LogP contribution in [0.2, 0.25) is 0 Å². The van der Waals surface area contributed by atoms with Crippen LogP contribution < -0.4 is 10.6 Å². The van der Waals surface area contributed by atoms with Gasteiger partial charge in [0.05, 0.1) is 11.8 Å². The Bertz CT molecular complexity index is 955. The van der Waals surface area contributed by atoms with Crippen LogP contribution in [-0.4, -0.2) is 39.3 Å². The van der Waals surface area contributed by atoms with Crippen molar-refractivity contribution in [2.45, 2.75) is 13.0 Å². The second-order valence-electron chi connectivity index (χ2n) is 5.86. The first-order valence-corrected chi connectivity index (χ1v) is 8.18. The van der Waals surface area contributed by atoms with Crippen molar-refractivity contribution in [2.75, 3.05) is 18.4 Å². The number of aromatic nitrogens is 3. The molecule has 1 amide bonds. The number of anilines is 1. The Kier molecular flexibility index (Phi) is 3.99. The molecule has 0 radical (unpaired) electrons. The molecule has 1 aliphatic rings. The molecule has 0 spiro atoms. The first-order valence-electron chi connectivity index (χ1n) is 8.18. The van der Waals surface area contributed by atoms with Gasteiger partial charge < -0.3 is 15.2 Å². The standard InChI is InChI=1S/C18H17N5O2.H2/c24-17(18(25)22-15-11-20-7-8-21-15)16-12-3-1-2-4-13(12)23-10-9-19-6-5-14(16)23;/h1-4,7-8,11,19H,5-6,9-10H2,(H,21,22,25);1H. The Morgan fingerprint density at radius 2 is 2.08 bits per heavy atom. The third-order valence-corrected chi connectivity index (χ3v) is 4.37. The number of hydrogen-bond acceptors (Lipinski definition) is 5. The lowest BCUT2D eigenvalue weighted by atomic mass is 10.0. The summed E-state index contributed by atoms with van der Waals surface area (Å²) in [6, 6.07) is 7.72. The number of hydrogen-bond donors (Lipinski definition) is 2. The molecule has 128 valence electrons. The largest absolute Gasteiger partial charge is 0.343 e. The lowest BCUT2D eigenvalue weighted by Gasteiger charge is -2.07. The number of benzene rings is 1. The summed E-state index contributed by atoms with van der Waals surface area (Å²) >= 11 is 0. The van der Waals surface area contributed by atoms with Crippen molar-refractivity contribution in [3.63, 3.8) is 0 Å². The minimum Gasteiger partial charge on any atom is -0.343 e. The number of amides is 1. The van der Waals surface area contributed by atoms with Crippen LogP contribution in [0.4, 0.5) is 5.82 Å². The van der Waals surface area contributed by atoms with Crippen LogP contribution in [0, 0.1) is 0 Å². The van der Waals surface area contributed by atoms with Gasteiger partial charge in [0.25, 0.3) is 11.7 Å². The summed E-state index contributed by atoms with van der Waals surface area (Å²) in [5, 5.41) is 6.68. The molecule has 0 aliphatic carbocycles. The van der Waals surface area contributed by atoms with Gasteiger partial charge in [-0.25, -0.2) is 4.98 Å². The van der Waals surface area contributed by atoms with Crippen LogP contribution in [0.25, 0.3) is 10.9 Å². The lowest BCUT2D eigenvalue weighted by Crippen LogP contribution is -2.24. The summed E-state index contributed by atoms with van der Waals surface area (Å²) < 4.78 is 2.14. The van der Waals surface area contributed by atoms with Gasteiger partial charge in [-0.3, -0.25) is 14.6 Å². The highest BCUT2D eigenvalue weighted by Crippen LogP contribution is 2.28. The minimum absolute atomic E-state index is 0. The number of nitrogens with zero attached hydrogens (tertiary/aromatic N) is 3. The summed E-state index contributed by atoms with van der Waals surface area (Å²) in [7, 11) is 0. The smallest absolute Gasteiger partial charge is 0.298 e. The molecule has 0 bridgehead atoms. The van der Waals surface area contributed by atoms with Gasteiger partial charge in [0.2, 0.25) is 0 Å². The Balaban J connectivity index is 0.00000196. The Morgan fingerprint density at radius 1 is 1.20 bits per heavy atom. The Hall–Kier alpha value is -3.06. The monoisotopic (exact) mass is 337 g/mol. The molecule has 7 heteroatoms. The summed E-state index contributed by atoms with van der Waals surface area (Å²) in [6.07, 6.45) is 5.08. The molecule has 7 nitrogen and oxygen atoms in total. The molecular formula is C18H19N5O2. The van der Waals surface area contributed by atoms with Gasteiger partial charge in [-0.05, 0) is 6.07 Å². The van der Waals surface area contributed by atoms with Crippen LogP contribution in [0.5, 0.6) is 0 Å². The molecule has 0 fully saturated rings. The number of carbonyl (C=O) groups is 2. The van der Waals surface area contributed by atoms with E-state index in [1.54, 1.807) is 0 Å². The maximum atomic E-state index is 12.9. The molecule has 2 aromatic heterocycles. The predicted octanol–water partition coefficient (Wildman–Crippen LogP) is 1.64. The molecule has 1 aliphatic heterocycles. The number of ketones is 1. The van der Waals surface area contributed by atoms with E-state index in [1.165, 1.54) is 18.6 Å². The van der Waals surface area contributed by atoms with E-state index in [0.717, 1.165) is 36.2 Å². The van der Waals surface area contributed by atoms with E-state index >= 15 is 0 Å². The van der Waals surface area contributed by atoms with E-state index in [0.29, 0.717) is 12.0 Å². The van der Waals surface area contributed by atoms with Gasteiger partial charge in [-0.15, -0.1) is 0 Å². The first kappa shape index (κ1) is 15.5. The SMILES string of the molecule is O=C(Nc1cnccn1)C(=O)c1c2n(c3ccccc13)CCNCC2.[HH]. The maximum absolute atomic E-state index is 12.9. The van der Waals surface area contributed by atoms with Crippen molar-refractivity contribution in [1.82, 2.24) is 19.9 Å². The third kappa shape index (κ3) is 2.78. The zero-order valence-corrected chi connectivity index (χ0v) is 13.5. The van der Waals surface area contributed by atoms with Gasteiger partial charge in [0.1, 0.15) is 0 Å². The van der Waals surface area contributed by atoms with Crippen LogP contribution >= 0.6 is 0 Å². The average molecular weight is 337 g/mol. The quantitative estimate of drug-likeness (QED) is 0.560. The van der Waals surface area contributed by atoms with Crippen LogP contribution in [0.1, 0.15) is 17.5 Å². The highest BCUT2D eigenvalue weighted by Gasteiger charge is 2.27. The highest BCUT2D eigenvalue weighted by molar-refractivity contribution is 6.48. The molecule has 0 unspecified atom stereocenters. The molecule has 3 aromatic rings. The summed E-state index contributed by atoms with van der Waals surface area (Å²) in [5.74, 6) is -0.980. The molecule has 0 saturated heterocycles. The number of rotatable bonds is 3. The second-order valence-corrected chi connectivity index (χ2v) is 5.86. The van der Waals surface area contributed by atoms with Crippen molar-refractivity contribution in [2.24, 2.45) is 0 Å². The van der Waals surface area contributed by atoms with Gasteiger partial charge in [-0.1, -0.05) is 18.2 Å². The normalized spacial score (nSPS) is 13.9. The van der Waals surface area contributed by atoms with E-state index in [9.17, 15) is 9.59 Å². The number of carbonyl (C=O) groups excluding carboxylic acids is 2. The first-order chi connectivity index (χ1) is 12.3. The fourth-order valence-corrected chi connectivity index (χ4v) is 3.30. The van der Waals surface area contributed by atoms with E-state index in [2.05, 4.69) is 25.2 Å². The van der Waals surface area contributed by atoms with Crippen LogP contribution in [0.3, 0.4) is 0 Å². The number of fused-ring (bicyclic) bond motifs is 3. The van der Waals surface area contributed by atoms with Crippen molar-refractivity contribution in [3.05, 3.63) is 54.1 Å². The van der Waals surface area contributed by atoms with Gasteiger partial charge >= 0.3 is 0 Å². The molecule has 0 saturated carbocycles. The molecule has 25 heavy (non-hydrogen) atoms. The van der Waals surface area contributed by atoms with Crippen molar-refractivity contribution in [3.8, 4) is 0 Å². The maximum Gasteiger partial charge on any atom is 0.298 e. The third-order valence-electron chi connectivity index (χ3n) is 4.37. The second kappa shape index (κ2) is 6.45. The van der Waals surface area contributed by atoms with Crippen LogP contribution in [-0.2, 0) is 17.8 Å². The molecule has 4 rings (SSSR count). The molecule has 1 aromatic carbocycles. The zero-order chi connectivity index (χ0) is 17.2. The summed E-state index contributed by atoms with van der Waals surface area (Å²) in [6.45, 7) is 2.39. The van der Waals surface area contributed by atoms with Crippen molar-refractivity contribution < 1.29 is 11.0 Å². The fraction of sp³-hybridized carbons (Fsp3) is 0.222. The molecule has 2 N–H and O–H groups in total. The summed E-state index contributed by atoms with van der Waals surface area (Å²) in [4.78, 5) is 33.3. The van der Waals surface area contributed by atoms with Crippen molar-refractivity contribution >= 4 is 28.4 Å². The minimum atomic E-state index is -0.697. The highest BCUT2D eigenvalue weighted by atomic mass is 16.2. The number of para-hydroxylation sites is 1. The van der Waals surface area contributed by atoms with Crippen LogP contribution in [0.15, 0.2) is 42.9 Å². The van der Waals surface area contributed by atoms with E-state index in [4.69, 9.17) is 0 Å². The number of Topliss-reactive ketones (excluding diaryl/α,β-unsaturated/α-hetero) is 1. The predicted molar refractivity (Wildman–Crippen MR) is 95.6 cm³/mol. The molecule has 0 atom stereocenters. The Morgan fingerprint density at radius 3 is 2.92 bits per heavy atom. The molecular weight excluding hydrogens is 318 g/mol. The zero-order valence-electron chi connectivity index (χ0n) is 13.5. The van der Waals surface area contributed by atoms with E-state index < -0.39 is 11.7 Å². The van der Waals surface area contributed by atoms with Gasteiger partial charge in [0, 0.05) is 56.5 Å². The van der Waals surface area contributed by atoms with Crippen molar-refractivity contribution in [1.29, 1.82) is 0 Å². The molecule has 3 heterocycles. The van der Waals surface area contributed by atoms with Gasteiger partial charge in [0.15, 0.2) is 5.82 Å². The van der Waals surface area contributed by atoms with E-state index in [-0.39, 0.29) is 7.24 Å². The fourth-order valence-electron chi connectivity index (χ4n) is 3.30. The average Bonchev–Trinajstić information content (AvgIpc) is 2.79. The van der Waals surface area contributed by atoms with E-state index in [1.807, 2.05) is 24.3 Å². The van der Waals surface area contributed by atoms with Gasteiger partial charge in [-0.2, -0.15) is 0 Å². The lowest BCUT2D eigenvalue weighted by molar-refractivity contribution is -0.112. The Labute approximate surface area is 145 Å². The topological polar surface area (TPSA) is 88.9 Å². The summed E-state index contributed by atoms with van der Waals surface area (Å²) in [5.41, 5.74) is 2.38.